The van der Waals surface area contributed by atoms with E-state index < -0.39 is 17.7 Å². The molecular weight excluding hydrogens is 326 g/mol. The van der Waals surface area contributed by atoms with Gasteiger partial charge in [-0.2, -0.15) is 0 Å². The Balaban J connectivity index is 2.76. The number of nitrogens with zero attached hydrogens (tertiary/aromatic N) is 1. The smallest absolute Gasteiger partial charge is 0.410 e. The van der Waals surface area contributed by atoms with E-state index in [9.17, 15) is 9.59 Å². The van der Waals surface area contributed by atoms with Crippen molar-refractivity contribution in [2.24, 2.45) is 0 Å². The molecule has 0 spiro atoms. The molecule has 0 atom stereocenters. The number of amides is 1. The van der Waals surface area contributed by atoms with Crippen LogP contribution in [0.5, 0.6) is 0 Å². The van der Waals surface area contributed by atoms with E-state index in [1.807, 2.05) is 0 Å². The molecular formula is C14H18BrNO4. The van der Waals surface area contributed by atoms with E-state index in [1.165, 1.54) is 11.0 Å². The van der Waals surface area contributed by atoms with Crippen molar-refractivity contribution < 1.29 is 19.4 Å². The maximum absolute atomic E-state index is 11.8. The maximum Gasteiger partial charge on any atom is 0.410 e. The summed E-state index contributed by atoms with van der Waals surface area (Å²) in [6, 6.07) is 4.87. The Morgan fingerprint density at radius 2 is 1.95 bits per heavy atom. The molecule has 0 saturated carbocycles. The number of halogens is 1. The summed E-state index contributed by atoms with van der Waals surface area (Å²) in [5.74, 6) is -0.996. The molecule has 1 N–H and O–H groups in total. The van der Waals surface area contributed by atoms with E-state index in [1.54, 1.807) is 40.0 Å². The average Bonchev–Trinajstić information content (AvgIpc) is 2.26. The van der Waals surface area contributed by atoms with Gasteiger partial charge in [-0.1, -0.05) is 6.07 Å². The lowest BCUT2D eigenvalue weighted by Crippen LogP contribution is -2.33. The van der Waals surface area contributed by atoms with Crippen LogP contribution >= 0.6 is 15.9 Å². The van der Waals surface area contributed by atoms with Crippen molar-refractivity contribution in [3.05, 3.63) is 33.8 Å². The minimum Gasteiger partial charge on any atom is -0.478 e. The van der Waals surface area contributed by atoms with E-state index in [0.29, 0.717) is 11.0 Å². The van der Waals surface area contributed by atoms with Gasteiger partial charge >= 0.3 is 12.1 Å². The van der Waals surface area contributed by atoms with Crippen molar-refractivity contribution in [2.45, 2.75) is 32.9 Å². The van der Waals surface area contributed by atoms with Crippen LogP contribution in [0.25, 0.3) is 0 Å². The third-order valence-corrected chi connectivity index (χ3v) is 3.04. The van der Waals surface area contributed by atoms with Gasteiger partial charge in [0.25, 0.3) is 0 Å². The molecule has 0 aliphatic rings. The van der Waals surface area contributed by atoms with Crippen LogP contribution in [0.1, 0.15) is 36.7 Å². The van der Waals surface area contributed by atoms with E-state index in [-0.39, 0.29) is 5.56 Å². The van der Waals surface area contributed by atoms with Crippen molar-refractivity contribution in [3.8, 4) is 0 Å². The summed E-state index contributed by atoms with van der Waals surface area (Å²) in [5, 5.41) is 8.94. The second-order valence-corrected chi connectivity index (χ2v) is 6.31. The Labute approximate surface area is 126 Å². The lowest BCUT2D eigenvalue weighted by molar-refractivity contribution is 0.0284. The summed E-state index contributed by atoms with van der Waals surface area (Å²) < 4.78 is 5.73. The summed E-state index contributed by atoms with van der Waals surface area (Å²) in [6.45, 7) is 5.75. The first-order valence-corrected chi connectivity index (χ1v) is 6.85. The standard InChI is InChI=1S/C14H18BrNO4/c1-14(2,3)20-13(19)16(4)8-9-5-6-10(12(17)18)11(15)7-9/h5-7H,8H2,1-4H3,(H,17,18). The van der Waals surface area contributed by atoms with E-state index >= 15 is 0 Å². The fraction of sp³-hybridized carbons (Fsp3) is 0.429. The summed E-state index contributed by atoms with van der Waals surface area (Å²) in [6.07, 6.45) is -0.420. The monoisotopic (exact) mass is 343 g/mol. The molecule has 110 valence electrons. The number of carbonyl (C=O) groups excluding carboxylic acids is 1. The van der Waals surface area contributed by atoms with Crippen molar-refractivity contribution in [3.63, 3.8) is 0 Å². The SMILES string of the molecule is CN(Cc1ccc(C(=O)O)c(Br)c1)C(=O)OC(C)(C)C. The van der Waals surface area contributed by atoms with Crippen LogP contribution in [-0.4, -0.2) is 34.7 Å². The molecule has 0 radical (unpaired) electrons. The van der Waals surface area contributed by atoms with Crippen molar-refractivity contribution in [1.82, 2.24) is 4.90 Å². The molecule has 0 aliphatic carbocycles. The minimum atomic E-state index is -0.996. The van der Waals surface area contributed by atoms with Gasteiger partial charge in [0.1, 0.15) is 5.60 Å². The van der Waals surface area contributed by atoms with Gasteiger partial charge < -0.3 is 14.7 Å². The van der Waals surface area contributed by atoms with Crippen LogP contribution in [0.15, 0.2) is 22.7 Å². The molecule has 0 bridgehead atoms. The number of carboxylic acids is 1. The summed E-state index contributed by atoms with van der Waals surface area (Å²) in [5.41, 5.74) is 0.461. The largest absolute Gasteiger partial charge is 0.478 e. The van der Waals surface area contributed by atoms with E-state index in [2.05, 4.69) is 15.9 Å². The van der Waals surface area contributed by atoms with Gasteiger partial charge in [0.15, 0.2) is 0 Å². The number of hydrogen-bond acceptors (Lipinski definition) is 3. The van der Waals surface area contributed by atoms with Gasteiger partial charge in [-0.15, -0.1) is 0 Å². The number of carboxylic acid groups (broad SMARTS) is 1. The number of benzene rings is 1. The third kappa shape index (κ3) is 4.85. The van der Waals surface area contributed by atoms with Crippen molar-refractivity contribution in [2.75, 3.05) is 7.05 Å². The zero-order chi connectivity index (χ0) is 15.5. The molecule has 0 fully saturated rings. The minimum absolute atomic E-state index is 0.189. The molecule has 5 nitrogen and oxygen atoms in total. The number of ether oxygens (including phenoxy) is 1. The number of aromatic carboxylic acids is 1. The first-order valence-electron chi connectivity index (χ1n) is 6.06. The molecule has 6 heteroatoms. The van der Waals surface area contributed by atoms with Crippen LogP contribution in [0.4, 0.5) is 4.79 Å². The van der Waals surface area contributed by atoms with Gasteiger partial charge in [0.2, 0.25) is 0 Å². The number of hydrogen-bond donors (Lipinski definition) is 1. The Morgan fingerprint density at radius 3 is 2.40 bits per heavy atom. The van der Waals surface area contributed by atoms with Gasteiger partial charge in [-0.05, 0) is 54.4 Å². The van der Waals surface area contributed by atoms with Crippen LogP contribution in [0.3, 0.4) is 0 Å². The third-order valence-electron chi connectivity index (χ3n) is 2.39. The highest BCUT2D eigenvalue weighted by Crippen LogP contribution is 2.20. The maximum atomic E-state index is 11.8. The Kier molecular flexibility index (Phi) is 5.16. The van der Waals surface area contributed by atoms with Crippen LogP contribution in [0.2, 0.25) is 0 Å². The zero-order valence-corrected chi connectivity index (χ0v) is 13.5. The topological polar surface area (TPSA) is 66.8 Å². The molecule has 0 saturated heterocycles. The number of rotatable bonds is 3. The highest BCUT2D eigenvalue weighted by atomic mass is 79.9. The van der Waals surface area contributed by atoms with E-state index in [0.717, 1.165) is 5.56 Å². The molecule has 1 aromatic rings. The van der Waals surface area contributed by atoms with Gasteiger partial charge in [0.05, 0.1) is 5.56 Å². The second-order valence-electron chi connectivity index (χ2n) is 5.46. The first kappa shape index (κ1) is 16.5. The average molecular weight is 344 g/mol. The molecule has 0 unspecified atom stereocenters. The molecule has 1 rings (SSSR count). The van der Waals surface area contributed by atoms with Crippen LogP contribution in [-0.2, 0) is 11.3 Å². The predicted molar refractivity (Wildman–Crippen MR) is 78.8 cm³/mol. The Hall–Kier alpha value is -1.56. The Bertz CT molecular complexity index is 522. The first-order chi connectivity index (χ1) is 9.10. The molecule has 1 amide bonds. The predicted octanol–water partition coefficient (Wildman–Crippen LogP) is 3.51. The molecule has 0 aliphatic heterocycles. The molecule has 0 aromatic heterocycles. The normalized spacial score (nSPS) is 11.1. The summed E-state index contributed by atoms with van der Waals surface area (Å²) in [4.78, 5) is 24.2. The van der Waals surface area contributed by atoms with Crippen LogP contribution < -0.4 is 0 Å². The van der Waals surface area contributed by atoms with Crippen LogP contribution in [0, 0.1) is 0 Å². The fourth-order valence-electron chi connectivity index (χ4n) is 1.51. The summed E-state index contributed by atoms with van der Waals surface area (Å²) in [7, 11) is 1.63. The van der Waals surface area contributed by atoms with Gasteiger partial charge in [-0.25, -0.2) is 9.59 Å². The van der Waals surface area contributed by atoms with Gasteiger partial charge in [-0.3, -0.25) is 0 Å². The highest BCUT2D eigenvalue weighted by Gasteiger charge is 2.20. The lowest BCUT2D eigenvalue weighted by Gasteiger charge is -2.24. The Morgan fingerprint density at radius 1 is 1.35 bits per heavy atom. The van der Waals surface area contributed by atoms with Gasteiger partial charge in [0, 0.05) is 18.1 Å². The number of carbonyl (C=O) groups is 2. The molecule has 20 heavy (non-hydrogen) atoms. The van der Waals surface area contributed by atoms with Crippen molar-refractivity contribution in [1.29, 1.82) is 0 Å². The fourth-order valence-corrected chi connectivity index (χ4v) is 2.10. The zero-order valence-electron chi connectivity index (χ0n) is 11.9. The highest BCUT2D eigenvalue weighted by molar-refractivity contribution is 9.10. The quantitative estimate of drug-likeness (QED) is 0.911. The molecule has 0 heterocycles. The second kappa shape index (κ2) is 6.26. The summed E-state index contributed by atoms with van der Waals surface area (Å²) >= 11 is 3.21. The van der Waals surface area contributed by atoms with Crippen molar-refractivity contribution >= 4 is 28.0 Å². The lowest BCUT2D eigenvalue weighted by atomic mass is 10.1. The molecule has 1 aromatic carbocycles. The van der Waals surface area contributed by atoms with E-state index in [4.69, 9.17) is 9.84 Å².